The molecule has 0 aromatic carbocycles. The Hall–Kier alpha value is -0.120. The van der Waals surface area contributed by atoms with Gasteiger partial charge in [0.1, 0.15) is 0 Å². The number of aliphatic hydroxyl groups excluding tert-OH is 1. The molecule has 0 spiro atoms. The van der Waals surface area contributed by atoms with Gasteiger partial charge in [0.15, 0.2) is 0 Å². The van der Waals surface area contributed by atoms with Gasteiger partial charge in [-0.15, -0.1) is 0 Å². The topological polar surface area (TPSA) is 35.5 Å². The quantitative estimate of drug-likeness (QED) is 0.733. The van der Waals surface area contributed by atoms with Crippen LogP contribution >= 0.6 is 0 Å². The first-order valence-electron chi connectivity index (χ1n) is 7.58. The van der Waals surface area contributed by atoms with Crippen LogP contribution in [0.3, 0.4) is 0 Å². The molecule has 0 radical (unpaired) electrons. The second-order valence-electron chi connectivity index (χ2n) is 6.84. The lowest BCUT2D eigenvalue weighted by atomic mass is 9.89. The largest absolute Gasteiger partial charge is 0.393 e. The van der Waals surface area contributed by atoms with E-state index in [0.29, 0.717) is 5.41 Å². The highest BCUT2D eigenvalue weighted by atomic mass is 16.3. The number of piperazine rings is 1. The summed E-state index contributed by atoms with van der Waals surface area (Å²) in [6.07, 6.45) is 5.35. The van der Waals surface area contributed by atoms with Crippen LogP contribution in [0.15, 0.2) is 0 Å². The fourth-order valence-corrected chi connectivity index (χ4v) is 2.50. The van der Waals surface area contributed by atoms with E-state index in [2.05, 4.69) is 31.0 Å². The SMILES string of the molecule is CC(C)(C)CCC[C@H](O)CCCN1CCNCC1. The van der Waals surface area contributed by atoms with Gasteiger partial charge < -0.3 is 15.3 Å². The molecule has 1 fully saturated rings. The molecule has 108 valence electrons. The lowest BCUT2D eigenvalue weighted by Crippen LogP contribution is -2.43. The van der Waals surface area contributed by atoms with Crippen molar-refractivity contribution in [2.45, 2.75) is 59.0 Å². The summed E-state index contributed by atoms with van der Waals surface area (Å²) in [5.41, 5.74) is 0.403. The lowest BCUT2D eigenvalue weighted by molar-refractivity contribution is 0.135. The second kappa shape index (κ2) is 8.13. The van der Waals surface area contributed by atoms with Gasteiger partial charge >= 0.3 is 0 Å². The van der Waals surface area contributed by atoms with Gasteiger partial charge in [-0.2, -0.15) is 0 Å². The fraction of sp³-hybridized carbons (Fsp3) is 1.00. The van der Waals surface area contributed by atoms with Crippen LogP contribution in [0.4, 0.5) is 0 Å². The van der Waals surface area contributed by atoms with E-state index in [1.165, 1.54) is 19.5 Å². The van der Waals surface area contributed by atoms with Gasteiger partial charge in [0, 0.05) is 26.2 Å². The molecule has 0 bridgehead atoms. The van der Waals surface area contributed by atoms with E-state index in [4.69, 9.17) is 0 Å². The van der Waals surface area contributed by atoms with Crippen LogP contribution in [0.2, 0.25) is 0 Å². The van der Waals surface area contributed by atoms with Crippen molar-refractivity contribution in [3.8, 4) is 0 Å². The number of rotatable bonds is 7. The molecule has 1 aliphatic heterocycles. The van der Waals surface area contributed by atoms with E-state index in [1.54, 1.807) is 0 Å². The number of hydrogen-bond donors (Lipinski definition) is 2. The molecule has 0 aromatic heterocycles. The minimum absolute atomic E-state index is 0.0877. The molecule has 3 nitrogen and oxygen atoms in total. The van der Waals surface area contributed by atoms with Crippen molar-refractivity contribution in [2.75, 3.05) is 32.7 Å². The average molecular weight is 256 g/mol. The Labute approximate surface area is 113 Å². The highest BCUT2D eigenvalue weighted by Gasteiger charge is 2.13. The molecule has 3 heteroatoms. The van der Waals surface area contributed by atoms with E-state index >= 15 is 0 Å². The highest BCUT2D eigenvalue weighted by molar-refractivity contribution is 4.69. The first kappa shape index (κ1) is 15.9. The summed E-state index contributed by atoms with van der Waals surface area (Å²) in [5.74, 6) is 0. The third-order valence-electron chi connectivity index (χ3n) is 3.69. The Morgan fingerprint density at radius 1 is 1.11 bits per heavy atom. The molecule has 1 atom stereocenters. The standard InChI is InChI=1S/C15H32N2O/c1-15(2,3)8-4-6-14(18)7-5-11-17-12-9-16-10-13-17/h14,16,18H,4-13H2,1-3H3/t14-/m0/s1. The van der Waals surface area contributed by atoms with E-state index < -0.39 is 0 Å². The molecule has 0 amide bonds. The molecule has 0 saturated carbocycles. The van der Waals surface area contributed by atoms with Crippen LogP contribution in [0, 0.1) is 5.41 Å². The summed E-state index contributed by atoms with van der Waals surface area (Å²) in [5, 5.41) is 13.3. The van der Waals surface area contributed by atoms with Gasteiger partial charge in [-0.1, -0.05) is 27.2 Å². The number of aliphatic hydroxyl groups is 1. The van der Waals surface area contributed by atoms with Crippen LogP contribution in [0.5, 0.6) is 0 Å². The smallest absolute Gasteiger partial charge is 0.0540 e. The number of nitrogens with one attached hydrogen (secondary N) is 1. The average Bonchev–Trinajstić information content (AvgIpc) is 2.28. The summed E-state index contributed by atoms with van der Waals surface area (Å²) < 4.78 is 0. The Bertz CT molecular complexity index is 207. The summed E-state index contributed by atoms with van der Waals surface area (Å²) in [4.78, 5) is 2.50. The first-order chi connectivity index (χ1) is 8.47. The Morgan fingerprint density at radius 2 is 1.72 bits per heavy atom. The summed E-state index contributed by atoms with van der Waals surface area (Å²) in [6, 6.07) is 0. The van der Waals surface area contributed by atoms with E-state index in [0.717, 1.165) is 45.3 Å². The van der Waals surface area contributed by atoms with Crippen LogP contribution < -0.4 is 5.32 Å². The molecule has 18 heavy (non-hydrogen) atoms. The molecular formula is C15H32N2O. The van der Waals surface area contributed by atoms with Gasteiger partial charge in [-0.05, 0) is 37.6 Å². The van der Waals surface area contributed by atoms with Crippen molar-refractivity contribution in [3.05, 3.63) is 0 Å². The molecule has 1 saturated heterocycles. The van der Waals surface area contributed by atoms with Crippen molar-refractivity contribution in [1.82, 2.24) is 10.2 Å². The number of hydrogen-bond acceptors (Lipinski definition) is 3. The lowest BCUT2D eigenvalue weighted by Gasteiger charge is -2.27. The van der Waals surface area contributed by atoms with Crippen LogP contribution in [0.25, 0.3) is 0 Å². The molecule has 0 aliphatic carbocycles. The summed E-state index contributed by atoms with van der Waals surface area (Å²) >= 11 is 0. The zero-order valence-corrected chi connectivity index (χ0v) is 12.5. The molecule has 2 N–H and O–H groups in total. The number of nitrogens with zero attached hydrogens (tertiary/aromatic N) is 1. The van der Waals surface area contributed by atoms with Crippen LogP contribution in [-0.2, 0) is 0 Å². The zero-order chi connectivity index (χ0) is 13.4. The Kier molecular flexibility index (Phi) is 7.20. The maximum absolute atomic E-state index is 9.94. The maximum Gasteiger partial charge on any atom is 0.0540 e. The van der Waals surface area contributed by atoms with E-state index in [9.17, 15) is 5.11 Å². The van der Waals surface area contributed by atoms with Gasteiger partial charge in [0.25, 0.3) is 0 Å². The monoisotopic (exact) mass is 256 g/mol. The molecule has 0 unspecified atom stereocenters. The van der Waals surface area contributed by atoms with Crippen molar-refractivity contribution in [1.29, 1.82) is 0 Å². The van der Waals surface area contributed by atoms with Crippen molar-refractivity contribution < 1.29 is 5.11 Å². The minimum atomic E-state index is -0.0877. The fourth-order valence-electron chi connectivity index (χ4n) is 2.50. The highest BCUT2D eigenvalue weighted by Crippen LogP contribution is 2.22. The zero-order valence-electron chi connectivity index (χ0n) is 12.5. The summed E-state index contributed by atoms with van der Waals surface area (Å²) in [7, 11) is 0. The van der Waals surface area contributed by atoms with Crippen LogP contribution in [0.1, 0.15) is 52.9 Å². The molecular weight excluding hydrogens is 224 g/mol. The molecule has 1 rings (SSSR count). The van der Waals surface area contributed by atoms with Gasteiger partial charge in [0.05, 0.1) is 6.10 Å². The Balaban J connectivity index is 1.97. The third-order valence-corrected chi connectivity index (χ3v) is 3.69. The maximum atomic E-state index is 9.94. The van der Waals surface area contributed by atoms with E-state index in [-0.39, 0.29) is 6.10 Å². The predicted octanol–water partition coefficient (Wildman–Crippen LogP) is 2.25. The molecule has 1 heterocycles. The Morgan fingerprint density at radius 3 is 2.33 bits per heavy atom. The van der Waals surface area contributed by atoms with Crippen molar-refractivity contribution in [2.24, 2.45) is 5.41 Å². The van der Waals surface area contributed by atoms with Gasteiger partial charge in [-0.3, -0.25) is 0 Å². The van der Waals surface area contributed by atoms with Gasteiger partial charge in [0.2, 0.25) is 0 Å². The van der Waals surface area contributed by atoms with Crippen LogP contribution in [-0.4, -0.2) is 48.8 Å². The minimum Gasteiger partial charge on any atom is -0.393 e. The van der Waals surface area contributed by atoms with E-state index in [1.807, 2.05) is 0 Å². The first-order valence-corrected chi connectivity index (χ1v) is 7.58. The third kappa shape index (κ3) is 8.06. The normalized spacial score (nSPS) is 20.0. The van der Waals surface area contributed by atoms with Crippen molar-refractivity contribution >= 4 is 0 Å². The second-order valence-corrected chi connectivity index (χ2v) is 6.84. The predicted molar refractivity (Wildman–Crippen MR) is 77.9 cm³/mol. The molecule has 1 aliphatic rings. The summed E-state index contributed by atoms with van der Waals surface area (Å²) in [6.45, 7) is 12.5. The van der Waals surface area contributed by atoms with Crippen molar-refractivity contribution in [3.63, 3.8) is 0 Å². The molecule has 0 aromatic rings. The van der Waals surface area contributed by atoms with Gasteiger partial charge in [-0.25, -0.2) is 0 Å².